The number of rotatable bonds is 1. The Kier molecular flexibility index (Phi) is 1.27. The van der Waals surface area contributed by atoms with Crippen molar-refractivity contribution in [2.24, 2.45) is 11.3 Å². The Morgan fingerprint density at radius 1 is 1.73 bits per heavy atom. The zero-order valence-corrected chi connectivity index (χ0v) is 6.89. The summed E-state index contributed by atoms with van der Waals surface area (Å²) in [6.45, 7) is 3.11. The van der Waals surface area contributed by atoms with Gasteiger partial charge in [-0.2, -0.15) is 0 Å². The molecule has 0 radical (unpaired) electrons. The van der Waals surface area contributed by atoms with Gasteiger partial charge in [-0.15, -0.1) is 0 Å². The molecular weight excluding hydrogens is 142 g/mol. The van der Waals surface area contributed by atoms with E-state index in [0.717, 1.165) is 13.0 Å². The summed E-state index contributed by atoms with van der Waals surface area (Å²) >= 11 is 0. The van der Waals surface area contributed by atoms with Crippen LogP contribution in [0.1, 0.15) is 13.3 Å². The third-order valence-corrected chi connectivity index (χ3v) is 3.06. The van der Waals surface area contributed by atoms with Gasteiger partial charge in [0.25, 0.3) is 0 Å². The maximum absolute atomic E-state index is 11.2. The van der Waals surface area contributed by atoms with Gasteiger partial charge in [0.05, 0.1) is 13.0 Å². The second-order valence-corrected chi connectivity index (χ2v) is 3.85. The molecule has 2 aliphatic heterocycles. The van der Waals surface area contributed by atoms with Gasteiger partial charge in [0.15, 0.2) is 0 Å². The van der Waals surface area contributed by atoms with E-state index in [4.69, 9.17) is 4.74 Å². The smallest absolute Gasteiger partial charge is 0.310 e. The van der Waals surface area contributed by atoms with Crippen LogP contribution in [0.3, 0.4) is 0 Å². The molecule has 0 aromatic heterocycles. The quantitative estimate of drug-likeness (QED) is 0.548. The minimum Gasteiger partial charge on any atom is -0.469 e. The first-order chi connectivity index (χ1) is 5.17. The first-order valence-electron chi connectivity index (χ1n) is 3.98. The van der Waals surface area contributed by atoms with Crippen molar-refractivity contribution in [1.29, 1.82) is 0 Å². The van der Waals surface area contributed by atoms with Crippen LogP contribution in [0.4, 0.5) is 0 Å². The van der Waals surface area contributed by atoms with Crippen LogP contribution in [-0.2, 0) is 9.53 Å². The summed E-state index contributed by atoms with van der Waals surface area (Å²) in [6, 6.07) is 0.396. The molecule has 3 rings (SSSR count). The van der Waals surface area contributed by atoms with E-state index in [0.29, 0.717) is 6.04 Å². The molecule has 3 fully saturated rings. The average molecular weight is 155 g/mol. The fourth-order valence-corrected chi connectivity index (χ4v) is 2.38. The van der Waals surface area contributed by atoms with Crippen LogP contribution in [-0.4, -0.2) is 25.7 Å². The Labute approximate surface area is 66.1 Å². The zero-order valence-electron chi connectivity index (χ0n) is 6.89. The van der Waals surface area contributed by atoms with Crippen LogP contribution in [0, 0.1) is 11.3 Å². The van der Waals surface area contributed by atoms with Crippen LogP contribution in [0.5, 0.6) is 0 Å². The van der Waals surface area contributed by atoms with E-state index in [9.17, 15) is 4.79 Å². The summed E-state index contributed by atoms with van der Waals surface area (Å²) in [5.74, 6) is 0.0706. The Morgan fingerprint density at radius 3 is 2.82 bits per heavy atom. The average Bonchev–Trinajstić information content (AvgIpc) is 2.44. The minimum atomic E-state index is -0.0475. The molecule has 1 aliphatic carbocycles. The molecular formula is C8H13NO2. The highest BCUT2D eigenvalue weighted by molar-refractivity contribution is 5.76. The number of carbonyl (C=O) groups is 1. The second-order valence-electron chi connectivity index (χ2n) is 3.85. The van der Waals surface area contributed by atoms with E-state index in [-0.39, 0.29) is 17.3 Å². The highest BCUT2D eigenvalue weighted by Crippen LogP contribution is 2.51. The molecule has 0 aromatic carbocycles. The van der Waals surface area contributed by atoms with Crippen molar-refractivity contribution in [3.8, 4) is 0 Å². The maximum atomic E-state index is 11.2. The molecule has 2 bridgehead atoms. The number of fused-ring (bicyclic) bond motifs is 1. The predicted molar refractivity (Wildman–Crippen MR) is 40.0 cm³/mol. The van der Waals surface area contributed by atoms with Gasteiger partial charge in [-0.25, -0.2) is 0 Å². The van der Waals surface area contributed by atoms with Crippen LogP contribution in [0.15, 0.2) is 0 Å². The molecule has 0 amide bonds. The van der Waals surface area contributed by atoms with E-state index < -0.39 is 0 Å². The van der Waals surface area contributed by atoms with Gasteiger partial charge in [0.1, 0.15) is 0 Å². The molecule has 3 nitrogen and oxygen atoms in total. The van der Waals surface area contributed by atoms with Crippen molar-refractivity contribution >= 4 is 5.97 Å². The van der Waals surface area contributed by atoms with Gasteiger partial charge in [0, 0.05) is 12.6 Å². The maximum Gasteiger partial charge on any atom is 0.310 e. The monoisotopic (exact) mass is 155 g/mol. The minimum absolute atomic E-state index is 0.0475. The van der Waals surface area contributed by atoms with Gasteiger partial charge >= 0.3 is 5.97 Å². The standard InChI is InChI=1S/C8H13NO2/c1-8-3-5(9-4-8)6(8)7(10)11-2/h5-6,9H,3-4H2,1-2H3. The van der Waals surface area contributed by atoms with Gasteiger partial charge in [-0.3, -0.25) is 4.79 Å². The summed E-state index contributed by atoms with van der Waals surface area (Å²) in [6.07, 6.45) is 1.13. The number of hydrogen-bond donors (Lipinski definition) is 1. The molecule has 3 unspecified atom stereocenters. The van der Waals surface area contributed by atoms with Crippen molar-refractivity contribution in [2.45, 2.75) is 19.4 Å². The first kappa shape index (κ1) is 7.10. The van der Waals surface area contributed by atoms with Crippen LogP contribution >= 0.6 is 0 Å². The van der Waals surface area contributed by atoms with Crippen LogP contribution in [0.2, 0.25) is 0 Å². The summed E-state index contributed by atoms with van der Waals surface area (Å²) in [4.78, 5) is 11.2. The van der Waals surface area contributed by atoms with Crippen molar-refractivity contribution in [3.63, 3.8) is 0 Å². The summed E-state index contributed by atoms with van der Waals surface area (Å²) in [7, 11) is 1.46. The number of hydrogen-bond acceptors (Lipinski definition) is 3. The summed E-state index contributed by atoms with van der Waals surface area (Å²) in [5.41, 5.74) is 0.192. The number of nitrogens with one attached hydrogen (secondary N) is 1. The molecule has 3 atom stereocenters. The molecule has 1 N–H and O–H groups in total. The Bertz CT molecular complexity index is 200. The molecule has 62 valence electrons. The fourth-order valence-electron chi connectivity index (χ4n) is 2.38. The SMILES string of the molecule is COC(=O)C1C2CC1(C)CN2. The fraction of sp³-hybridized carbons (Fsp3) is 0.875. The zero-order chi connectivity index (χ0) is 8.06. The van der Waals surface area contributed by atoms with Crippen molar-refractivity contribution in [1.82, 2.24) is 5.32 Å². The van der Waals surface area contributed by atoms with Gasteiger partial charge < -0.3 is 10.1 Å². The van der Waals surface area contributed by atoms with E-state index in [1.807, 2.05) is 0 Å². The molecule has 3 aliphatic rings. The largest absolute Gasteiger partial charge is 0.469 e. The van der Waals surface area contributed by atoms with Gasteiger partial charge in [0.2, 0.25) is 0 Å². The van der Waals surface area contributed by atoms with Crippen molar-refractivity contribution in [2.75, 3.05) is 13.7 Å². The van der Waals surface area contributed by atoms with E-state index in [1.54, 1.807) is 0 Å². The Morgan fingerprint density at radius 2 is 2.45 bits per heavy atom. The highest BCUT2D eigenvalue weighted by atomic mass is 16.5. The first-order valence-corrected chi connectivity index (χ1v) is 3.98. The Hall–Kier alpha value is -0.570. The lowest BCUT2D eigenvalue weighted by Crippen LogP contribution is -2.49. The molecule has 0 aromatic rings. The van der Waals surface area contributed by atoms with E-state index in [2.05, 4.69) is 12.2 Å². The second kappa shape index (κ2) is 1.97. The molecule has 2 saturated heterocycles. The topological polar surface area (TPSA) is 38.3 Å². The lowest BCUT2D eigenvalue weighted by Gasteiger charge is -2.41. The number of methoxy groups -OCH3 is 1. The van der Waals surface area contributed by atoms with Crippen molar-refractivity contribution in [3.05, 3.63) is 0 Å². The van der Waals surface area contributed by atoms with Crippen molar-refractivity contribution < 1.29 is 9.53 Å². The molecule has 1 saturated carbocycles. The normalized spacial score (nSPS) is 46.7. The van der Waals surface area contributed by atoms with E-state index in [1.165, 1.54) is 7.11 Å². The lowest BCUT2D eigenvalue weighted by atomic mass is 9.62. The summed E-state index contributed by atoms with van der Waals surface area (Å²) in [5, 5.41) is 3.30. The number of ether oxygens (including phenoxy) is 1. The third-order valence-electron chi connectivity index (χ3n) is 3.06. The molecule has 2 heterocycles. The summed E-state index contributed by atoms with van der Waals surface area (Å²) < 4.78 is 4.72. The molecule has 3 heteroatoms. The molecule has 0 spiro atoms. The van der Waals surface area contributed by atoms with Crippen LogP contribution < -0.4 is 5.32 Å². The van der Waals surface area contributed by atoms with Crippen LogP contribution in [0.25, 0.3) is 0 Å². The van der Waals surface area contributed by atoms with Gasteiger partial charge in [-0.1, -0.05) is 6.92 Å². The van der Waals surface area contributed by atoms with E-state index >= 15 is 0 Å². The van der Waals surface area contributed by atoms with Gasteiger partial charge in [-0.05, 0) is 11.8 Å². The Balaban J connectivity index is 2.13. The third kappa shape index (κ3) is 0.745. The highest BCUT2D eigenvalue weighted by Gasteiger charge is 2.59. The predicted octanol–water partition coefficient (Wildman–Crippen LogP) is 0.157. The molecule has 11 heavy (non-hydrogen) atoms. The number of carbonyl (C=O) groups excluding carboxylic acids is 1. The number of esters is 1. The lowest BCUT2D eigenvalue weighted by molar-refractivity contribution is -0.154.